The number of nitriles is 2. The third kappa shape index (κ3) is 3.42. The highest BCUT2D eigenvalue weighted by Crippen LogP contribution is 2.41. The lowest BCUT2D eigenvalue weighted by Crippen LogP contribution is -2.54. The van der Waals surface area contributed by atoms with Crippen LogP contribution in [0.4, 0.5) is 11.4 Å². The van der Waals surface area contributed by atoms with Crippen LogP contribution in [0.3, 0.4) is 0 Å². The first-order chi connectivity index (χ1) is 13.6. The number of benzene rings is 2. The minimum atomic E-state index is -0.259. The maximum absolute atomic E-state index is 9.35. The molecule has 0 unspecified atom stereocenters. The van der Waals surface area contributed by atoms with Crippen molar-refractivity contribution in [2.45, 2.75) is 44.2 Å². The Balaban J connectivity index is 1.71. The van der Waals surface area contributed by atoms with Gasteiger partial charge in [0.2, 0.25) is 0 Å². The second-order valence-corrected chi connectivity index (χ2v) is 7.79. The van der Waals surface area contributed by atoms with Crippen LogP contribution in [0.2, 0.25) is 5.02 Å². The number of amidine groups is 1. The van der Waals surface area contributed by atoms with E-state index in [9.17, 15) is 10.5 Å². The standard InChI is InChI=1S/C22H20ClN5/c23-18-6-4-5-15(9-18)14-26-21-22(7-2-1-3-8-22)28-20-11-17(13-25)16(12-24)10-19(20)27-21/h4-6,9-11,28H,1-3,7-8,14H2,(H,26,27). The smallest absolute Gasteiger partial charge is 0.128 e. The lowest BCUT2D eigenvalue weighted by atomic mass is 9.79. The highest BCUT2D eigenvalue weighted by molar-refractivity contribution is 6.30. The van der Waals surface area contributed by atoms with E-state index in [1.54, 1.807) is 12.1 Å². The number of anilines is 1. The Morgan fingerprint density at radius 3 is 2.54 bits per heavy atom. The van der Waals surface area contributed by atoms with Crippen LogP contribution >= 0.6 is 11.6 Å². The molecule has 1 heterocycles. The zero-order valence-corrected chi connectivity index (χ0v) is 16.2. The molecule has 28 heavy (non-hydrogen) atoms. The molecular weight excluding hydrogens is 370 g/mol. The van der Waals surface area contributed by atoms with E-state index in [0.717, 1.165) is 42.8 Å². The van der Waals surface area contributed by atoms with Gasteiger partial charge in [0.15, 0.2) is 0 Å². The van der Waals surface area contributed by atoms with Gasteiger partial charge in [0, 0.05) is 11.6 Å². The van der Waals surface area contributed by atoms with Crippen molar-refractivity contribution in [3.63, 3.8) is 0 Å². The van der Waals surface area contributed by atoms with E-state index in [0.29, 0.717) is 28.4 Å². The van der Waals surface area contributed by atoms with Crippen LogP contribution in [-0.4, -0.2) is 11.4 Å². The Hall–Kier alpha value is -3.02. The molecule has 2 aromatic carbocycles. The van der Waals surface area contributed by atoms with Crippen molar-refractivity contribution >= 4 is 28.8 Å². The van der Waals surface area contributed by atoms with Crippen molar-refractivity contribution in [2.24, 2.45) is 4.99 Å². The summed E-state index contributed by atoms with van der Waals surface area (Å²) in [4.78, 5) is 4.89. The van der Waals surface area contributed by atoms with Gasteiger partial charge in [-0.1, -0.05) is 43.0 Å². The number of aliphatic imine (C=N–C) groups is 1. The molecule has 5 nitrogen and oxygen atoms in total. The number of rotatable bonds is 2. The van der Waals surface area contributed by atoms with Gasteiger partial charge in [-0.15, -0.1) is 0 Å². The number of nitrogens with one attached hydrogen (secondary N) is 2. The van der Waals surface area contributed by atoms with Crippen LogP contribution < -0.4 is 10.6 Å². The Morgan fingerprint density at radius 2 is 1.82 bits per heavy atom. The highest BCUT2D eigenvalue weighted by Gasteiger charge is 2.40. The fourth-order valence-corrected chi connectivity index (χ4v) is 4.28. The van der Waals surface area contributed by atoms with E-state index < -0.39 is 0 Å². The molecule has 0 bridgehead atoms. The summed E-state index contributed by atoms with van der Waals surface area (Å²) in [6.45, 7) is 0.625. The summed E-state index contributed by atoms with van der Waals surface area (Å²) in [5.41, 5.74) is 3.08. The first-order valence-corrected chi connectivity index (χ1v) is 9.85. The average Bonchev–Trinajstić information content (AvgIpc) is 2.72. The maximum Gasteiger partial charge on any atom is 0.128 e. The molecule has 1 aliphatic carbocycles. The predicted molar refractivity (Wildman–Crippen MR) is 111 cm³/mol. The normalized spacial score (nSPS) is 16.9. The Labute approximate surface area is 169 Å². The number of halogens is 1. The molecule has 1 saturated carbocycles. The van der Waals surface area contributed by atoms with Crippen LogP contribution in [0, 0.1) is 22.7 Å². The summed E-state index contributed by atoms with van der Waals surface area (Å²) in [6.07, 6.45) is 5.43. The molecule has 2 aromatic rings. The molecule has 0 amide bonds. The van der Waals surface area contributed by atoms with Crippen molar-refractivity contribution in [1.82, 2.24) is 5.32 Å². The SMILES string of the molecule is N#Cc1cc2c(cc1C#N)NC1(CCCCC1)C(NCc1cccc(Cl)c1)=N2. The van der Waals surface area contributed by atoms with Crippen molar-refractivity contribution in [3.8, 4) is 12.1 Å². The van der Waals surface area contributed by atoms with Gasteiger partial charge in [0.1, 0.15) is 18.0 Å². The zero-order chi connectivity index (χ0) is 19.6. The molecular formula is C22H20ClN5. The number of fused-ring (bicyclic) bond motifs is 1. The fourth-order valence-electron chi connectivity index (χ4n) is 4.07. The fraction of sp³-hybridized carbons (Fsp3) is 0.318. The average molecular weight is 390 g/mol. The summed E-state index contributed by atoms with van der Waals surface area (Å²) in [7, 11) is 0. The number of hydrogen-bond donors (Lipinski definition) is 2. The summed E-state index contributed by atoms with van der Waals surface area (Å²) < 4.78 is 0. The Morgan fingerprint density at radius 1 is 1.07 bits per heavy atom. The molecule has 6 heteroatoms. The molecule has 0 saturated heterocycles. The third-order valence-corrected chi connectivity index (χ3v) is 5.73. The molecule has 0 aromatic heterocycles. The van der Waals surface area contributed by atoms with Gasteiger partial charge < -0.3 is 10.6 Å². The molecule has 0 radical (unpaired) electrons. The van der Waals surface area contributed by atoms with Crippen molar-refractivity contribution in [1.29, 1.82) is 10.5 Å². The van der Waals surface area contributed by atoms with Crippen LogP contribution in [0.5, 0.6) is 0 Å². The van der Waals surface area contributed by atoms with E-state index in [1.165, 1.54) is 6.42 Å². The third-order valence-electron chi connectivity index (χ3n) is 5.49. The van der Waals surface area contributed by atoms with Crippen LogP contribution in [0.25, 0.3) is 0 Å². The largest absolute Gasteiger partial charge is 0.371 e. The lowest BCUT2D eigenvalue weighted by molar-refractivity contribution is 0.396. The number of nitrogens with zero attached hydrogens (tertiary/aromatic N) is 3. The first-order valence-electron chi connectivity index (χ1n) is 9.47. The predicted octanol–water partition coefficient (Wildman–Crippen LogP) is 5.03. The van der Waals surface area contributed by atoms with E-state index >= 15 is 0 Å². The summed E-state index contributed by atoms with van der Waals surface area (Å²) >= 11 is 6.11. The van der Waals surface area contributed by atoms with Crippen LogP contribution in [-0.2, 0) is 6.54 Å². The Kier molecular flexibility index (Phi) is 4.94. The second-order valence-electron chi connectivity index (χ2n) is 7.35. The van der Waals surface area contributed by atoms with Crippen molar-refractivity contribution in [2.75, 3.05) is 5.32 Å². The van der Waals surface area contributed by atoms with Gasteiger partial charge in [-0.25, -0.2) is 4.99 Å². The van der Waals surface area contributed by atoms with Crippen molar-refractivity contribution < 1.29 is 0 Å². The van der Waals surface area contributed by atoms with Crippen LogP contribution in [0.1, 0.15) is 48.8 Å². The van der Waals surface area contributed by atoms with E-state index in [4.69, 9.17) is 16.6 Å². The zero-order valence-electron chi connectivity index (χ0n) is 15.4. The molecule has 1 fully saturated rings. The first kappa shape index (κ1) is 18.3. The maximum atomic E-state index is 9.35. The molecule has 1 spiro atoms. The summed E-state index contributed by atoms with van der Waals surface area (Å²) in [5.74, 6) is 0.897. The van der Waals surface area contributed by atoms with E-state index in [2.05, 4.69) is 22.8 Å². The van der Waals surface area contributed by atoms with Gasteiger partial charge in [-0.2, -0.15) is 10.5 Å². The summed E-state index contributed by atoms with van der Waals surface area (Å²) in [6, 6.07) is 15.4. The van der Waals surface area contributed by atoms with Gasteiger partial charge >= 0.3 is 0 Å². The number of hydrogen-bond acceptors (Lipinski definition) is 5. The van der Waals surface area contributed by atoms with Gasteiger partial charge in [0.25, 0.3) is 0 Å². The quantitative estimate of drug-likeness (QED) is 0.754. The summed E-state index contributed by atoms with van der Waals surface area (Å²) in [5, 5.41) is 26.6. The monoisotopic (exact) mass is 389 g/mol. The lowest BCUT2D eigenvalue weighted by Gasteiger charge is -2.42. The van der Waals surface area contributed by atoms with E-state index in [-0.39, 0.29) is 5.54 Å². The second kappa shape index (κ2) is 7.54. The minimum absolute atomic E-state index is 0.259. The topological polar surface area (TPSA) is 84.0 Å². The van der Waals surface area contributed by atoms with Gasteiger partial charge in [-0.3, -0.25) is 0 Å². The van der Waals surface area contributed by atoms with Crippen molar-refractivity contribution in [3.05, 3.63) is 58.1 Å². The molecule has 0 atom stereocenters. The van der Waals surface area contributed by atoms with Crippen LogP contribution in [0.15, 0.2) is 41.4 Å². The van der Waals surface area contributed by atoms with Gasteiger partial charge in [0.05, 0.1) is 28.0 Å². The molecule has 2 aliphatic rings. The van der Waals surface area contributed by atoms with E-state index in [1.807, 2.05) is 24.3 Å². The minimum Gasteiger partial charge on any atom is -0.371 e. The highest BCUT2D eigenvalue weighted by atomic mass is 35.5. The molecule has 2 N–H and O–H groups in total. The molecule has 140 valence electrons. The molecule has 4 rings (SSSR count). The Bertz CT molecular complexity index is 1020. The van der Waals surface area contributed by atoms with Gasteiger partial charge in [-0.05, 0) is 42.7 Å². The molecule has 1 aliphatic heterocycles.